The summed E-state index contributed by atoms with van der Waals surface area (Å²) in [6.07, 6.45) is 6.93. The summed E-state index contributed by atoms with van der Waals surface area (Å²) in [7, 11) is 0. The Morgan fingerprint density at radius 1 is 1.50 bits per heavy atom. The van der Waals surface area contributed by atoms with E-state index in [2.05, 4.69) is 10.1 Å². The molecule has 4 nitrogen and oxygen atoms in total. The van der Waals surface area contributed by atoms with Crippen molar-refractivity contribution in [3.8, 4) is 0 Å². The molecule has 0 atom stereocenters. The Bertz CT molecular complexity index is 249. The van der Waals surface area contributed by atoms with E-state index >= 15 is 0 Å². The highest BCUT2D eigenvalue weighted by Gasteiger charge is 2.17. The summed E-state index contributed by atoms with van der Waals surface area (Å²) < 4.78 is 1.97. The number of nitrogens with zero attached hydrogens (tertiary/aromatic N) is 3. The molecule has 0 unspecified atom stereocenters. The summed E-state index contributed by atoms with van der Waals surface area (Å²) in [5.41, 5.74) is 5.42. The molecule has 2 N–H and O–H groups in total. The second-order valence-corrected chi connectivity index (χ2v) is 3.28. The molecule has 0 aromatic carbocycles. The van der Waals surface area contributed by atoms with Gasteiger partial charge in [0.2, 0.25) is 0 Å². The van der Waals surface area contributed by atoms with Crippen molar-refractivity contribution < 1.29 is 0 Å². The minimum absolute atomic E-state index is 0.444. The summed E-state index contributed by atoms with van der Waals surface area (Å²) in [4.78, 5) is 4.11. The smallest absolute Gasteiger partial charge is 0.164 e. The minimum Gasteiger partial charge on any atom is -0.324 e. The van der Waals surface area contributed by atoms with E-state index in [4.69, 9.17) is 5.73 Å². The Morgan fingerprint density at radius 2 is 2.25 bits per heavy atom. The van der Waals surface area contributed by atoms with Crippen molar-refractivity contribution in [3.63, 3.8) is 0 Å². The van der Waals surface area contributed by atoms with Crippen LogP contribution in [0.15, 0.2) is 6.33 Å². The first-order valence-corrected chi connectivity index (χ1v) is 4.50. The zero-order valence-electron chi connectivity index (χ0n) is 7.11. The van der Waals surface area contributed by atoms with Gasteiger partial charge in [-0.1, -0.05) is 12.8 Å². The monoisotopic (exact) mass is 166 g/mol. The molecule has 1 aromatic rings. The van der Waals surface area contributed by atoms with Crippen LogP contribution >= 0.6 is 0 Å². The lowest BCUT2D eigenvalue weighted by Gasteiger charge is -2.06. The molecular formula is C8H14N4. The van der Waals surface area contributed by atoms with E-state index in [-0.39, 0.29) is 0 Å². The van der Waals surface area contributed by atoms with Gasteiger partial charge >= 0.3 is 0 Å². The van der Waals surface area contributed by atoms with E-state index in [1.807, 2.05) is 4.68 Å². The average molecular weight is 166 g/mol. The lowest BCUT2D eigenvalue weighted by Crippen LogP contribution is -2.06. The van der Waals surface area contributed by atoms with Gasteiger partial charge in [-0.05, 0) is 12.8 Å². The van der Waals surface area contributed by atoms with Crippen LogP contribution in [0.3, 0.4) is 0 Å². The number of hydrogen-bond acceptors (Lipinski definition) is 3. The Labute approximate surface area is 71.8 Å². The van der Waals surface area contributed by atoms with Crippen LogP contribution in [0.1, 0.15) is 37.5 Å². The number of nitrogens with two attached hydrogens (primary N) is 1. The number of aromatic nitrogens is 3. The Hall–Kier alpha value is -0.900. The van der Waals surface area contributed by atoms with Crippen molar-refractivity contribution in [2.75, 3.05) is 0 Å². The van der Waals surface area contributed by atoms with Crippen LogP contribution in [0.25, 0.3) is 0 Å². The molecular weight excluding hydrogens is 152 g/mol. The molecule has 0 amide bonds. The summed E-state index contributed by atoms with van der Waals surface area (Å²) >= 11 is 0. The fourth-order valence-electron chi connectivity index (χ4n) is 1.75. The van der Waals surface area contributed by atoms with Crippen LogP contribution in [0.5, 0.6) is 0 Å². The van der Waals surface area contributed by atoms with Crippen LogP contribution in [0.4, 0.5) is 0 Å². The maximum absolute atomic E-state index is 5.42. The van der Waals surface area contributed by atoms with Gasteiger partial charge in [-0.3, -0.25) is 0 Å². The fourth-order valence-corrected chi connectivity index (χ4v) is 1.75. The largest absolute Gasteiger partial charge is 0.324 e. The lowest BCUT2D eigenvalue weighted by molar-refractivity contribution is 0.462. The normalized spacial score (nSPS) is 18.8. The van der Waals surface area contributed by atoms with Gasteiger partial charge in [0.15, 0.2) is 5.82 Å². The molecule has 1 aliphatic rings. The first-order chi connectivity index (χ1) is 5.90. The van der Waals surface area contributed by atoms with E-state index in [1.165, 1.54) is 25.7 Å². The zero-order chi connectivity index (χ0) is 8.39. The van der Waals surface area contributed by atoms with Gasteiger partial charge in [0.25, 0.3) is 0 Å². The van der Waals surface area contributed by atoms with E-state index in [1.54, 1.807) is 6.33 Å². The molecule has 0 aliphatic heterocycles. The predicted molar refractivity (Wildman–Crippen MR) is 45.4 cm³/mol. The Balaban J connectivity index is 2.11. The van der Waals surface area contributed by atoms with Gasteiger partial charge in [0.1, 0.15) is 6.33 Å². The van der Waals surface area contributed by atoms with Gasteiger partial charge in [-0.25, -0.2) is 9.67 Å². The zero-order valence-corrected chi connectivity index (χ0v) is 7.11. The maximum atomic E-state index is 5.42. The third-order valence-electron chi connectivity index (χ3n) is 2.44. The number of hydrogen-bond donors (Lipinski definition) is 1. The molecule has 0 saturated heterocycles. The van der Waals surface area contributed by atoms with E-state index in [0.29, 0.717) is 12.6 Å². The van der Waals surface area contributed by atoms with Crippen LogP contribution in [-0.2, 0) is 6.54 Å². The molecule has 66 valence electrons. The fraction of sp³-hybridized carbons (Fsp3) is 0.750. The standard InChI is InChI=1S/C8H14N4/c9-5-8-10-6-12(11-8)7-3-1-2-4-7/h6-7H,1-5,9H2. The molecule has 0 bridgehead atoms. The van der Waals surface area contributed by atoms with Gasteiger partial charge in [-0.15, -0.1) is 0 Å². The van der Waals surface area contributed by atoms with E-state index < -0.39 is 0 Å². The highest BCUT2D eigenvalue weighted by atomic mass is 15.3. The highest BCUT2D eigenvalue weighted by molar-refractivity contribution is 4.83. The lowest BCUT2D eigenvalue weighted by atomic mass is 10.3. The summed E-state index contributed by atoms with van der Waals surface area (Å²) in [5.74, 6) is 0.752. The van der Waals surface area contributed by atoms with Gasteiger partial charge in [0, 0.05) is 0 Å². The second-order valence-electron chi connectivity index (χ2n) is 3.28. The topological polar surface area (TPSA) is 56.7 Å². The molecule has 1 aromatic heterocycles. The first kappa shape index (κ1) is 7.73. The van der Waals surface area contributed by atoms with Crippen molar-refractivity contribution in [1.29, 1.82) is 0 Å². The SMILES string of the molecule is NCc1ncn(C2CCCC2)n1. The van der Waals surface area contributed by atoms with Crippen molar-refractivity contribution in [2.45, 2.75) is 38.3 Å². The van der Waals surface area contributed by atoms with Crippen LogP contribution in [0, 0.1) is 0 Å². The molecule has 1 fully saturated rings. The molecule has 1 aliphatic carbocycles. The molecule has 2 rings (SSSR count). The minimum atomic E-state index is 0.444. The predicted octanol–water partition coefficient (Wildman–Crippen LogP) is 0.852. The molecule has 4 heteroatoms. The average Bonchev–Trinajstić information content (AvgIpc) is 2.75. The first-order valence-electron chi connectivity index (χ1n) is 4.50. The molecule has 0 radical (unpaired) electrons. The third-order valence-corrected chi connectivity index (χ3v) is 2.44. The van der Waals surface area contributed by atoms with Crippen LogP contribution in [0.2, 0.25) is 0 Å². The van der Waals surface area contributed by atoms with Crippen molar-refractivity contribution >= 4 is 0 Å². The van der Waals surface area contributed by atoms with Gasteiger partial charge < -0.3 is 5.73 Å². The molecule has 12 heavy (non-hydrogen) atoms. The Morgan fingerprint density at radius 3 is 2.83 bits per heavy atom. The molecule has 0 spiro atoms. The third kappa shape index (κ3) is 1.34. The second kappa shape index (κ2) is 3.23. The highest BCUT2D eigenvalue weighted by Crippen LogP contribution is 2.28. The van der Waals surface area contributed by atoms with Crippen LogP contribution < -0.4 is 5.73 Å². The van der Waals surface area contributed by atoms with E-state index in [0.717, 1.165) is 5.82 Å². The summed E-state index contributed by atoms with van der Waals surface area (Å²) in [6.45, 7) is 0.444. The van der Waals surface area contributed by atoms with E-state index in [9.17, 15) is 0 Å². The maximum Gasteiger partial charge on any atom is 0.164 e. The van der Waals surface area contributed by atoms with Crippen molar-refractivity contribution in [3.05, 3.63) is 12.2 Å². The molecule has 1 heterocycles. The summed E-state index contributed by atoms with van der Waals surface area (Å²) in [5, 5.41) is 4.29. The van der Waals surface area contributed by atoms with Crippen LogP contribution in [-0.4, -0.2) is 14.8 Å². The molecule has 1 saturated carbocycles. The quantitative estimate of drug-likeness (QED) is 0.708. The van der Waals surface area contributed by atoms with Crippen molar-refractivity contribution in [1.82, 2.24) is 14.8 Å². The van der Waals surface area contributed by atoms with Gasteiger partial charge in [0.05, 0.1) is 12.6 Å². The number of rotatable bonds is 2. The van der Waals surface area contributed by atoms with Gasteiger partial charge in [-0.2, -0.15) is 5.10 Å². The Kier molecular flexibility index (Phi) is 2.08. The summed E-state index contributed by atoms with van der Waals surface area (Å²) in [6, 6.07) is 0.581. The van der Waals surface area contributed by atoms with Crippen molar-refractivity contribution in [2.24, 2.45) is 5.73 Å².